The van der Waals surface area contributed by atoms with Gasteiger partial charge in [0, 0.05) is 6.20 Å². The molecule has 2 rings (SSSR count). The second kappa shape index (κ2) is 6.36. The van der Waals surface area contributed by atoms with Crippen LogP contribution < -0.4 is 5.11 Å². The third-order valence-electron chi connectivity index (χ3n) is 2.94. The maximum absolute atomic E-state index is 12.4. The number of nitrogens with zero attached hydrogens (tertiary/aromatic N) is 2. The van der Waals surface area contributed by atoms with E-state index in [1.165, 1.54) is 0 Å². The van der Waals surface area contributed by atoms with E-state index in [-0.39, 0.29) is 10.2 Å². The van der Waals surface area contributed by atoms with E-state index in [9.17, 15) is 14.7 Å². The Kier molecular flexibility index (Phi) is 4.74. The summed E-state index contributed by atoms with van der Waals surface area (Å²) >= 11 is 6.22. The van der Waals surface area contributed by atoms with Crippen LogP contribution in [0.2, 0.25) is 0 Å². The van der Waals surface area contributed by atoms with Gasteiger partial charge in [0.2, 0.25) is 0 Å². The molecule has 0 unspecified atom stereocenters. The zero-order valence-electron chi connectivity index (χ0n) is 11.5. The molecule has 5 nitrogen and oxygen atoms in total. The van der Waals surface area contributed by atoms with Gasteiger partial charge in [-0.25, -0.2) is 0 Å². The molecule has 1 aromatic heterocycles. The van der Waals surface area contributed by atoms with Crippen molar-refractivity contribution in [2.45, 2.75) is 19.9 Å². The molecule has 1 aliphatic heterocycles. The van der Waals surface area contributed by atoms with Crippen molar-refractivity contribution in [1.82, 2.24) is 9.88 Å². The topological polar surface area (TPSA) is 73.3 Å². The number of hydrogen-bond acceptors (Lipinski definition) is 6. The van der Waals surface area contributed by atoms with E-state index in [0.717, 1.165) is 16.7 Å². The Morgan fingerprint density at radius 2 is 2.19 bits per heavy atom. The van der Waals surface area contributed by atoms with E-state index < -0.39 is 17.9 Å². The lowest BCUT2D eigenvalue weighted by atomic mass is 10.0. The third-order valence-corrected chi connectivity index (χ3v) is 4.27. The van der Waals surface area contributed by atoms with Crippen molar-refractivity contribution in [2.24, 2.45) is 5.92 Å². The molecule has 1 fully saturated rings. The summed E-state index contributed by atoms with van der Waals surface area (Å²) in [7, 11) is 0. The molecule has 1 aliphatic rings. The second-order valence-corrected chi connectivity index (χ2v) is 6.49. The maximum Gasteiger partial charge on any atom is 0.266 e. The molecule has 1 amide bonds. The number of hydrogen-bond donors (Lipinski definition) is 0. The molecule has 0 aliphatic carbocycles. The third kappa shape index (κ3) is 3.30. The number of pyridine rings is 1. The zero-order valence-corrected chi connectivity index (χ0v) is 13.1. The van der Waals surface area contributed by atoms with Gasteiger partial charge in [-0.05, 0) is 24.1 Å². The minimum atomic E-state index is -1.31. The van der Waals surface area contributed by atoms with Crippen LogP contribution in [0.25, 0.3) is 6.08 Å². The number of aromatic nitrogens is 1. The molecule has 7 heteroatoms. The number of carbonyl (C=O) groups is 2. The van der Waals surface area contributed by atoms with E-state index in [0.29, 0.717) is 10.6 Å². The van der Waals surface area contributed by atoms with Crippen LogP contribution in [-0.4, -0.2) is 32.1 Å². The zero-order chi connectivity index (χ0) is 15.6. The summed E-state index contributed by atoms with van der Waals surface area (Å²) in [4.78, 5) is 29.3. The standard InChI is InChI=1S/C14H14N2O3S2/c1-8(2)11(13(18)19)16-12(17)10(21-14(16)20)7-9-5-3-4-6-15-9/h3-8,11H,1-2H3,(H,18,19)/p-1/b10-7-/t11-/m0/s1. The lowest BCUT2D eigenvalue weighted by Gasteiger charge is -2.30. The van der Waals surface area contributed by atoms with Crippen LogP contribution in [0, 0.1) is 5.92 Å². The van der Waals surface area contributed by atoms with Crippen molar-refractivity contribution in [1.29, 1.82) is 0 Å². The Bertz CT molecular complexity index is 614. The van der Waals surface area contributed by atoms with Crippen LogP contribution in [0.15, 0.2) is 29.3 Å². The molecular formula is C14H13N2O3S2-. The van der Waals surface area contributed by atoms with E-state index in [2.05, 4.69) is 4.98 Å². The average Bonchev–Trinajstić information content (AvgIpc) is 2.67. The second-order valence-electron chi connectivity index (χ2n) is 4.81. The molecule has 1 atom stereocenters. The van der Waals surface area contributed by atoms with E-state index >= 15 is 0 Å². The van der Waals surface area contributed by atoms with Crippen molar-refractivity contribution in [2.75, 3.05) is 0 Å². The van der Waals surface area contributed by atoms with Crippen molar-refractivity contribution >= 4 is 46.3 Å². The first-order chi connectivity index (χ1) is 9.91. The molecule has 2 heterocycles. The van der Waals surface area contributed by atoms with Gasteiger partial charge >= 0.3 is 0 Å². The van der Waals surface area contributed by atoms with E-state index in [1.54, 1.807) is 44.3 Å². The van der Waals surface area contributed by atoms with Crippen molar-refractivity contribution in [3.8, 4) is 0 Å². The SMILES string of the molecule is CC(C)[C@@H](C(=O)[O-])N1C(=O)/C(=C/c2ccccn2)SC1=S. The summed E-state index contributed by atoms with van der Waals surface area (Å²) in [5, 5.41) is 11.3. The van der Waals surface area contributed by atoms with Gasteiger partial charge in [0.25, 0.3) is 5.91 Å². The highest BCUT2D eigenvalue weighted by Gasteiger charge is 2.39. The average molecular weight is 321 g/mol. The van der Waals surface area contributed by atoms with E-state index in [1.807, 2.05) is 0 Å². The Morgan fingerprint density at radius 3 is 2.71 bits per heavy atom. The molecule has 0 N–H and O–H groups in total. The Labute approximate surface area is 132 Å². The van der Waals surface area contributed by atoms with E-state index in [4.69, 9.17) is 12.2 Å². The lowest BCUT2D eigenvalue weighted by Crippen LogP contribution is -2.52. The number of carboxylic acid groups (broad SMARTS) is 1. The van der Waals surface area contributed by atoms with Crippen molar-refractivity contribution < 1.29 is 14.7 Å². The van der Waals surface area contributed by atoms with Crippen LogP contribution >= 0.6 is 24.0 Å². The first-order valence-electron chi connectivity index (χ1n) is 6.30. The van der Waals surface area contributed by atoms with Gasteiger partial charge in [-0.2, -0.15) is 0 Å². The molecule has 21 heavy (non-hydrogen) atoms. The molecule has 0 saturated carbocycles. The number of aliphatic carboxylic acids is 1. The monoisotopic (exact) mass is 321 g/mol. The highest BCUT2D eigenvalue weighted by molar-refractivity contribution is 8.26. The number of carbonyl (C=O) groups excluding carboxylic acids is 2. The van der Waals surface area contributed by atoms with Gasteiger partial charge in [0.1, 0.15) is 4.32 Å². The summed E-state index contributed by atoms with van der Waals surface area (Å²) < 4.78 is 0.227. The fourth-order valence-electron chi connectivity index (χ4n) is 1.99. The normalized spacial score (nSPS) is 18.6. The molecule has 0 bridgehead atoms. The largest absolute Gasteiger partial charge is 0.548 e. The maximum atomic E-state index is 12.4. The van der Waals surface area contributed by atoms with Crippen LogP contribution in [0.3, 0.4) is 0 Å². The quantitative estimate of drug-likeness (QED) is 0.610. The highest BCUT2D eigenvalue weighted by atomic mass is 32.2. The van der Waals surface area contributed by atoms with Gasteiger partial charge in [0.15, 0.2) is 0 Å². The van der Waals surface area contributed by atoms with Crippen molar-refractivity contribution in [3.05, 3.63) is 35.0 Å². The summed E-state index contributed by atoms with van der Waals surface area (Å²) in [6, 6.07) is 4.27. The fourth-order valence-corrected chi connectivity index (χ4v) is 3.31. The molecule has 1 aromatic rings. The predicted molar refractivity (Wildman–Crippen MR) is 82.9 cm³/mol. The summed E-state index contributed by atoms with van der Waals surface area (Å²) in [5.74, 6) is -2.02. The molecular weight excluding hydrogens is 308 g/mol. The fraction of sp³-hybridized carbons (Fsp3) is 0.286. The van der Waals surface area contributed by atoms with Crippen molar-refractivity contribution in [3.63, 3.8) is 0 Å². The van der Waals surface area contributed by atoms with Gasteiger partial charge in [-0.1, -0.05) is 43.9 Å². The smallest absolute Gasteiger partial charge is 0.266 e. The summed E-state index contributed by atoms with van der Waals surface area (Å²) in [5.41, 5.74) is 0.618. The Morgan fingerprint density at radius 1 is 1.48 bits per heavy atom. The Hall–Kier alpha value is -1.73. The van der Waals surface area contributed by atoms with Gasteiger partial charge in [-0.15, -0.1) is 0 Å². The highest BCUT2D eigenvalue weighted by Crippen LogP contribution is 2.35. The first kappa shape index (κ1) is 15.7. The van der Waals surface area contributed by atoms with Gasteiger partial charge in [0.05, 0.1) is 22.6 Å². The summed E-state index contributed by atoms with van der Waals surface area (Å²) in [6.07, 6.45) is 3.22. The van der Waals surface area contributed by atoms with Crippen LogP contribution in [-0.2, 0) is 9.59 Å². The molecule has 0 aromatic carbocycles. The number of amides is 1. The van der Waals surface area contributed by atoms with Crippen LogP contribution in [0.5, 0.6) is 0 Å². The lowest BCUT2D eigenvalue weighted by molar-refractivity contribution is -0.311. The predicted octanol–water partition coefficient (Wildman–Crippen LogP) is 1.06. The molecule has 110 valence electrons. The van der Waals surface area contributed by atoms with Gasteiger partial charge < -0.3 is 9.90 Å². The molecule has 1 saturated heterocycles. The first-order valence-corrected chi connectivity index (χ1v) is 7.53. The minimum absolute atomic E-state index is 0.227. The number of thiocarbonyl (C=S) groups is 1. The number of carboxylic acids is 1. The van der Waals surface area contributed by atoms with Crippen LogP contribution in [0.1, 0.15) is 19.5 Å². The minimum Gasteiger partial charge on any atom is -0.548 e. The van der Waals surface area contributed by atoms with Crippen LogP contribution in [0.4, 0.5) is 0 Å². The number of rotatable bonds is 4. The number of thioether (sulfide) groups is 1. The molecule has 0 radical (unpaired) electrons. The molecule has 0 spiro atoms. The van der Waals surface area contributed by atoms with Gasteiger partial charge in [-0.3, -0.25) is 14.7 Å². The Balaban J connectivity index is 2.32. The summed E-state index contributed by atoms with van der Waals surface area (Å²) in [6.45, 7) is 3.42.